The minimum atomic E-state index is -0.372. The molecule has 3 aromatic rings. The van der Waals surface area contributed by atoms with Crippen molar-refractivity contribution >= 4 is 10.8 Å². The van der Waals surface area contributed by atoms with Crippen LogP contribution >= 0.6 is 0 Å². The molecule has 1 N–H and O–H groups in total. The zero-order valence-corrected chi connectivity index (χ0v) is 13.8. The molecule has 0 amide bonds. The second kappa shape index (κ2) is 6.67. The fourth-order valence-electron chi connectivity index (χ4n) is 3.44. The van der Waals surface area contributed by atoms with Crippen LogP contribution in [0.25, 0.3) is 22.0 Å². The monoisotopic (exact) mass is 338 g/mol. The van der Waals surface area contributed by atoms with Gasteiger partial charge in [0.2, 0.25) is 0 Å². The highest BCUT2D eigenvalue weighted by Crippen LogP contribution is 2.31. The van der Waals surface area contributed by atoms with Gasteiger partial charge in [-0.15, -0.1) is 0 Å². The van der Waals surface area contributed by atoms with E-state index in [1.54, 1.807) is 18.2 Å². The molecular formula is C20H19FN2O2. The highest BCUT2D eigenvalue weighted by molar-refractivity contribution is 5.93. The van der Waals surface area contributed by atoms with Gasteiger partial charge in [0.1, 0.15) is 0 Å². The van der Waals surface area contributed by atoms with Gasteiger partial charge in [-0.25, -0.2) is 9.49 Å². The van der Waals surface area contributed by atoms with E-state index in [9.17, 15) is 9.18 Å². The number of aromatic amines is 1. The molecule has 1 saturated carbocycles. The van der Waals surface area contributed by atoms with Gasteiger partial charge in [0, 0.05) is 10.9 Å². The molecule has 0 bridgehead atoms. The molecular weight excluding hydrogens is 319 g/mol. The lowest BCUT2D eigenvalue weighted by molar-refractivity contribution is 0.149. The highest BCUT2D eigenvalue weighted by Gasteiger charge is 2.18. The lowest BCUT2D eigenvalue weighted by Crippen LogP contribution is -2.20. The Hall–Kier alpha value is -2.69. The first-order chi connectivity index (χ1) is 12.2. The van der Waals surface area contributed by atoms with E-state index in [2.05, 4.69) is 10.2 Å². The summed E-state index contributed by atoms with van der Waals surface area (Å²) in [6, 6.07) is 12.0. The average molecular weight is 338 g/mol. The third-order valence-corrected chi connectivity index (χ3v) is 4.75. The SMILES string of the molecule is O=c1[nH]nc(-c2ccc(F)c(OC3CCCCC3)c2)c2ccccc12. The van der Waals surface area contributed by atoms with Gasteiger partial charge in [-0.1, -0.05) is 24.6 Å². The van der Waals surface area contributed by atoms with Crippen molar-refractivity contribution in [1.29, 1.82) is 0 Å². The van der Waals surface area contributed by atoms with Gasteiger partial charge in [-0.05, 0) is 49.9 Å². The number of benzene rings is 2. The molecule has 2 aromatic carbocycles. The maximum Gasteiger partial charge on any atom is 0.272 e. The summed E-state index contributed by atoms with van der Waals surface area (Å²) in [5.41, 5.74) is 1.10. The summed E-state index contributed by atoms with van der Waals surface area (Å²) in [5.74, 6) is -0.121. The molecule has 1 aliphatic rings. The van der Waals surface area contributed by atoms with Gasteiger partial charge >= 0.3 is 0 Å². The van der Waals surface area contributed by atoms with Gasteiger partial charge in [-0.2, -0.15) is 5.10 Å². The standard InChI is InChI=1S/C20H19FN2O2/c21-17-11-10-13(12-18(17)25-14-6-2-1-3-7-14)19-15-8-4-5-9-16(15)20(24)23-22-19/h4-5,8-12,14H,1-3,6-7H2,(H,23,24). The van der Waals surface area contributed by atoms with Crippen molar-refractivity contribution in [2.24, 2.45) is 0 Å². The quantitative estimate of drug-likeness (QED) is 0.768. The van der Waals surface area contributed by atoms with Crippen LogP contribution in [-0.2, 0) is 0 Å². The van der Waals surface area contributed by atoms with E-state index in [4.69, 9.17) is 4.74 Å². The zero-order valence-electron chi connectivity index (χ0n) is 13.8. The minimum Gasteiger partial charge on any atom is -0.487 e. The molecule has 0 aliphatic heterocycles. The number of H-pyrrole nitrogens is 1. The van der Waals surface area contributed by atoms with Crippen LogP contribution in [0, 0.1) is 5.82 Å². The van der Waals surface area contributed by atoms with Crippen molar-refractivity contribution in [3.05, 3.63) is 58.6 Å². The van der Waals surface area contributed by atoms with E-state index >= 15 is 0 Å². The number of ether oxygens (including phenoxy) is 1. The first-order valence-corrected chi connectivity index (χ1v) is 8.66. The number of rotatable bonds is 3. The molecule has 0 radical (unpaired) electrons. The van der Waals surface area contributed by atoms with Gasteiger partial charge < -0.3 is 4.74 Å². The van der Waals surface area contributed by atoms with E-state index in [0.717, 1.165) is 36.6 Å². The lowest BCUT2D eigenvalue weighted by atomic mass is 9.97. The fraction of sp³-hybridized carbons (Fsp3) is 0.300. The van der Waals surface area contributed by atoms with Crippen molar-refractivity contribution in [1.82, 2.24) is 10.2 Å². The Morgan fingerprint density at radius 2 is 1.80 bits per heavy atom. The Kier molecular flexibility index (Phi) is 4.22. The van der Waals surface area contributed by atoms with Crippen LogP contribution < -0.4 is 10.3 Å². The van der Waals surface area contributed by atoms with Crippen molar-refractivity contribution in [3.63, 3.8) is 0 Å². The third kappa shape index (κ3) is 3.14. The van der Waals surface area contributed by atoms with Gasteiger partial charge in [0.05, 0.1) is 17.2 Å². The maximum atomic E-state index is 14.2. The van der Waals surface area contributed by atoms with Crippen LogP contribution in [0.5, 0.6) is 5.75 Å². The summed E-state index contributed by atoms with van der Waals surface area (Å²) in [6.45, 7) is 0. The first-order valence-electron chi connectivity index (χ1n) is 8.66. The molecule has 0 atom stereocenters. The molecule has 4 nitrogen and oxygen atoms in total. The van der Waals surface area contributed by atoms with Crippen LogP contribution in [0.2, 0.25) is 0 Å². The molecule has 1 aliphatic carbocycles. The number of nitrogens with zero attached hydrogens (tertiary/aromatic N) is 1. The summed E-state index contributed by atoms with van der Waals surface area (Å²) in [7, 11) is 0. The largest absolute Gasteiger partial charge is 0.487 e. The molecule has 0 spiro atoms. The predicted octanol–water partition coefficient (Wildman–Crippen LogP) is 4.44. The maximum absolute atomic E-state index is 14.2. The van der Waals surface area contributed by atoms with Crippen LogP contribution in [0.3, 0.4) is 0 Å². The zero-order chi connectivity index (χ0) is 17.2. The van der Waals surface area contributed by atoms with Gasteiger partial charge in [0.15, 0.2) is 11.6 Å². The van der Waals surface area contributed by atoms with Crippen LogP contribution in [-0.4, -0.2) is 16.3 Å². The fourth-order valence-corrected chi connectivity index (χ4v) is 3.44. The number of fused-ring (bicyclic) bond motifs is 1. The Bertz CT molecular complexity index is 961. The smallest absolute Gasteiger partial charge is 0.272 e. The minimum absolute atomic E-state index is 0.0683. The lowest BCUT2D eigenvalue weighted by Gasteiger charge is -2.23. The second-order valence-corrected chi connectivity index (χ2v) is 6.47. The van der Waals surface area contributed by atoms with Crippen molar-refractivity contribution in [2.45, 2.75) is 38.2 Å². The number of halogens is 1. The molecule has 1 fully saturated rings. The topological polar surface area (TPSA) is 55.0 Å². The third-order valence-electron chi connectivity index (χ3n) is 4.75. The van der Waals surface area contributed by atoms with E-state index in [1.165, 1.54) is 12.5 Å². The van der Waals surface area contributed by atoms with Gasteiger partial charge in [0.25, 0.3) is 5.56 Å². The van der Waals surface area contributed by atoms with Crippen molar-refractivity contribution < 1.29 is 9.13 Å². The number of aromatic nitrogens is 2. The molecule has 1 heterocycles. The molecule has 4 rings (SSSR count). The molecule has 1 aromatic heterocycles. The summed E-state index contributed by atoms with van der Waals surface area (Å²) in [6.07, 6.45) is 5.46. The molecule has 0 unspecified atom stereocenters. The van der Waals surface area contributed by atoms with Crippen molar-refractivity contribution in [2.75, 3.05) is 0 Å². The summed E-state index contributed by atoms with van der Waals surface area (Å²) >= 11 is 0. The van der Waals surface area contributed by atoms with Crippen LogP contribution in [0.4, 0.5) is 4.39 Å². The molecule has 5 heteroatoms. The van der Waals surface area contributed by atoms with Crippen LogP contribution in [0.15, 0.2) is 47.3 Å². The Morgan fingerprint density at radius 3 is 2.60 bits per heavy atom. The van der Waals surface area contributed by atoms with E-state index in [1.807, 2.05) is 18.2 Å². The van der Waals surface area contributed by atoms with Crippen molar-refractivity contribution in [3.8, 4) is 17.0 Å². The van der Waals surface area contributed by atoms with Crippen LogP contribution in [0.1, 0.15) is 32.1 Å². The van der Waals surface area contributed by atoms with E-state index in [0.29, 0.717) is 11.1 Å². The molecule has 25 heavy (non-hydrogen) atoms. The first kappa shape index (κ1) is 15.8. The average Bonchev–Trinajstić information content (AvgIpc) is 2.65. The Balaban J connectivity index is 1.75. The summed E-state index contributed by atoms with van der Waals surface area (Å²) < 4.78 is 20.1. The Morgan fingerprint density at radius 1 is 1.04 bits per heavy atom. The van der Waals surface area contributed by atoms with Gasteiger partial charge in [-0.3, -0.25) is 4.79 Å². The number of hydrogen-bond donors (Lipinski definition) is 1. The number of nitrogens with one attached hydrogen (secondary N) is 1. The predicted molar refractivity (Wildman–Crippen MR) is 95.3 cm³/mol. The normalized spacial score (nSPS) is 15.4. The highest BCUT2D eigenvalue weighted by atomic mass is 19.1. The van der Waals surface area contributed by atoms with E-state index < -0.39 is 0 Å². The Labute approximate surface area is 144 Å². The molecule has 0 saturated heterocycles. The van der Waals surface area contributed by atoms with E-state index in [-0.39, 0.29) is 23.2 Å². The summed E-state index contributed by atoms with van der Waals surface area (Å²) in [4.78, 5) is 11.9. The number of hydrogen-bond acceptors (Lipinski definition) is 3. The second-order valence-electron chi connectivity index (χ2n) is 6.47. The molecule has 128 valence electrons. The summed E-state index contributed by atoms with van der Waals surface area (Å²) in [5, 5.41) is 7.99.